The monoisotopic (exact) mass is 305 g/mol. The van der Waals surface area contributed by atoms with Gasteiger partial charge in [0.2, 0.25) is 5.95 Å². The highest BCUT2D eigenvalue weighted by molar-refractivity contribution is 6.37. The van der Waals surface area contributed by atoms with Crippen LogP contribution in [-0.2, 0) is 0 Å². The Balaban J connectivity index is 1.92. The van der Waals surface area contributed by atoms with Crippen molar-refractivity contribution < 1.29 is 4.79 Å². The predicted octanol–water partition coefficient (Wildman–Crippen LogP) is 3.89. The summed E-state index contributed by atoms with van der Waals surface area (Å²) in [4.78, 5) is 16.4. The fourth-order valence-electron chi connectivity index (χ4n) is 1.88. The largest absolute Gasteiger partial charge is 0.291 e. The summed E-state index contributed by atoms with van der Waals surface area (Å²) >= 11 is 11.8. The SMILES string of the molecule is O=C(Nc1ncc2ccccn12)c1ccc(Cl)cc1Cl. The maximum Gasteiger partial charge on any atom is 0.259 e. The second kappa shape index (κ2) is 5.15. The number of carbonyl (C=O) groups is 1. The topological polar surface area (TPSA) is 46.4 Å². The number of rotatable bonds is 2. The van der Waals surface area contributed by atoms with Gasteiger partial charge in [0.05, 0.1) is 22.3 Å². The lowest BCUT2D eigenvalue weighted by Gasteiger charge is -2.06. The zero-order valence-electron chi connectivity index (χ0n) is 10.2. The summed E-state index contributed by atoms with van der Waals surface area (Å²) in [5.74, 6) is 0.111. The number of imidazole rings is 1. The highest BCUT2D eigenvalue weighted by Gasteiger charge is 2.13. The number of benzene rings is 1. The maximum atomic E-state index is 12.2. The lowest BCUT2D eigenvalue weighted by Crippen LogP contribution is -2.14. The summed E-state index contributed by atoms with van der Waals surface area (Å²) in [6.45, 7) is 0. The molecule has 1 N–H and O–H groups in total. The van der Waals surface area contributed by atoms with Gasteiger partial charge in [0.15, 0.2) is 0 Å². The Morgan fingerprint density at radius 2 is 2.05 bits per heavy atom. The zero-order valence-corrected chi connectivity index (χ0v) is 11.7. The van der Waals surface area contributed by atoms with Gasteiger partial charge in [-0.15, -0.1) is 0 Å². The van der Waals surface area contributed by atoms with Crippen LogP contribution in [0.2, 0.25) is 10.0 Å². The molecular formula is C14H9Cl2N3O. The van der Waals surface area contributed by atoms with Gasteiger partial charge < -0.3 is 0 Å². The second-order valence-electron chi connectivity index (χ2n) is 4.16. The number of aromatic nitrogens is 2. The van der Waals surface area contributed by atoms with Crippen LogP contribution in [-0.4, -0.2) is 15.3 Å². The van der Waals surface area contributed by atoms with E-state index < -0.39 is 0 Å². The minimum atomic E-state index is -0.331. The van der Waals surface area contributed by atoms with Gasteiger partial charge in [-0.1, -0.05) is 29.3 Å². The molecule has 1 aromatic carbocycles. The fourth-order valence-corrected chi connectivity index (χ4v) is 2.37. The molecule has 0 saturated carbocycles. The smallest absolute Gasteiger partial charge is 0.259 e. The van der Waals surface area contributed by atoms with Gasteiger partial charge in [-0.2, -0.15) is 0 Å². The number of nitrogens with zero attached hydrogens (tertiary/aromatic N) is 2. The Bertz CT molecular complexity index is 798. The first-order valence-electron chi connectivity index (χ1n) is 5.83. The molecule has 20 heavy (non-hydrogen) atoms. The summed E-state index contributed by atoms with van der Waals surface area (Å²) in [5, 5.41) is 3.51. The van der Waals surface area contributed by atoms with Crippen LogP contribution in [0.4, 0.5) is 5.95 Å². The van der Waals surface area contributed by atoms with Gasteiger partial charge in [-0.3, -0.25) is 14.5 Å². The van der Waals surface area contributed by atoms with Crippen LogP contribution in [0.5, 0.6) is 0 Å². The van der Waals surface area contributed by atoms with E-state index in [1.807, 2.05) is 24.4 Å². The summed E-state index contributed by atoms with van der Waals surface area (Å²) in [7, 11) is 0. The van der Waals surface area contributed by atoms with Crippen LogP contribution in [0.25, 0.3) is 5.52 Å². The normalized spacial score (nSPS) is 10.7. The highest BCUT2D eigenvalue weighted by Crippen LogP contribution is 2.22. The number of hydrogen-bond donors (Lipinski definition) is 1. The van der Waals surface area contributed by atoms with Crippen molar-refractivity contribution >= 4 is 40.6 Å². The molecule has 4 nitrogen and oxygen atoms in total. The van der Waals surface area contributed by atoms with Crippen molar-refractivity contribution in [1.29, 1.82) is 0 Å². The number of fused-ring (bicyclic) bond motifs is 1. The van der Waals surface area contributed by atoms with Gasteiger partial charge in [-0.05, 0) is 30.3 Å². The third-order valence-electron chi connectivity index (χ3n) is 2.84. The number of amides is 1. The van der Waals surface area contributed by atoms with E-state index in [1.54, 1.807) is 22.7 Å². The molecule has 6 heteroatoms. The molecule has 0 aliphatic rings. The predicted molar refractivity (Wildman–Crippen MR) is 79.6 cm³/mol. The lowest BCUT2D eigenvalue weighted by atomic mass is 10.2. The Hall–Kier alpha value is -2.04. The van der Waals surface area contributed by atoms with Gasteiger partial charge in [-0.25, -0.2) is 4.98 Å². The van der Waals surface area contributed by atoms with Crippen molar-refractivity contribution in [3.05, 3.63) is 64.4 Å². The maximum absolute atomic E-state index is 12.2. The number of nitrogens with one attached hydrogen (secondary N) is 1. The van der Waals surface area contributed by atoms with Crippen molar-refractivity contribution in [3.8, 4) is 0 Å². The Morgan fingerprint density at radius 1 is 1.20 bits per heavy atom. The zero-order chi connectivity index (χ0) is 14.1. The third kappa shape index (κ3) is 2.35. The summed E-state index contributed by atoms with van der Waals surface area (Å²) in [6, 6.07) is 10.4. The molecule has 0 radical (unpaired) electrons. The Labute approximate surface area is 125 Å². The molecule has 1 amide bonds. The van der Waals surface area contributed by atoms with Gasteiger partial charge in [0.1, 0.15) is 0 Å². The first-order valence-corrected chi connectivity index (χ1v) is 6.59. The van der Waals surface area contributed by atoms with E-state index in [0.29, 0.717) is 21.6 Å². The van der Waals surface area contributed by atoms with Crippen LogP contribution < -0.4 is 5.32 Å². The van der Waals surface area contributed by atoms with Crippen LogP contribution in [0.3, 0.4) is 0 Å². The number of pyridine rings is 1. The Kier molecular flexibility index (Phi) is 3.34. The second-order valence-corrected chi connectivity index (χ2v) is 5.00. The standard InChI is InChI=1S/C14H9Cl2N3O/c15-9-4-5-11(12(16)7-9)13(20)18-14-17-8-10-3-1-2-6-19(10)14/h1-8H,(H,17,18,20). The molecule has 2 aromatic heterocycles. The molecule has 3 aromatic rings. The average molecular weight is 306 g/mol. The van der Waals surface area contributed by atoms with E-state index in [9.17, 15) is 4.79 Å². The molecule has 0 bridgehead atoms. The van der Waals surface area contributed by atoms with E-state index >= 15 is 0 Å². The number of anilines is 1. The first kappa shape index (κ1) is 13.0. The van der Waals surface area contributed by atoms with E-state index in [2.05, 4.69) is 10.3 Å². The molecule has 0 spiro atoms. The molecule has 3 rings (SSSR count). The van der Waals surface area contributed by atoms with Crippen molar-refractivity contribution in [2.24, 2.45) is 0 Å². The Morgan fingerprint density at radius 3 is 2.85 bits per heavy atom. The molecule has 100 valence electrons. The van der Waals surface area contributed by atoms with Crippen molar-refractivity contribution in [2.75, 3.05) is 5.32 Å². The summed E-state index contributed by atoms with van der Waals surface area (Å²) in [6.07, 6.45) is 3.50. The van der Waals surface area contributed by atoms with Crippen LogP contribution in [0, 0.1) is 0 Å². The molecule has 0 aliphatic heterocycles. The fraction of sp³-hybridized carbons (Fsp3) is 0. The molecule has 2 heterocycles. The summed E-state index contributed by atoms with van der Waals surface area (Å²) in [5.41, 5.74) is 1.24. The molecular weight excluding hydrogens is 297 g/mol. The van der Waals surface area contributed by atoms with E-state index in [4.69, 9.17) is 23.2 Å². The van der Waals surface area contributed by atoms with Gasteiger partial charge >= 0.3 is 0 Å². The third-order valence-corrected chi connectivity index (χ3v) is 3.39. The minimum Gasteiger partial charge on any atom is -0.291 e. The average Bonchev–Trinajstić information content (AvgIpc) is 2.82. The molecule has 0 fully saturated rings. The van der Waals surface area contributed by atoms with E-state index in [0.717, 1.165) is 5.52 Å². The van der Waals surface area contributed by atoms with Crippen molar-refractivity contribution in [3.63, 3.8) is 0 Å². The van der Waals surface area contributed by atoms with Crippen LogP contribution in [0.15, 0.2) is 48.8 Å². The quantitative estimate of drug-likeness (QED) is 0.780. The molecule has 0 aliphatic carbocycles. The molecule has 0 saturated heterocycles. The molecule has 0 unspecified atom stereocenters. The van der Waals surface area contributed by atoms with Crippen LogP contribution in [0.1, 0.15) is 10.4 Å². The van der Waals surface area contributed by atoms with Crippen LogP contribution >= 0.6 is 23.2 Å². The number of carbonyl (C=O) groups excluding carboxylic acids is 1. The lowest BCUT2D eigenvalue weighted by molar-refractivity contribution is 0.102. The van der Waals surface area contributed by atoms with E-state index in [1.165, 1.54) is 6.07 Å². The summed E-state index contributed by atoms with van der Waals surface area (Å²) < 4.78 is 1.78. The van der Waals surface area contributed by atoms with Crippen molar-refractivity contribution in [2.45, 2.75) is 0 Å². The minimum absolute atomic E-state index is 0.302. The van der Waals surface area contributed by atoms with Gasteiger partial charge in [0.25, 0.3) is 5.91 Å². The number of halogens is 2. The van der Waals surface area contributed by atoms with Crippen molar-refractivity contribution in [1.82, 2.24) is 9.38 Å². The first-order chi connectivity index (χ1) is 9.65. The molecule has 0 atom stereocenters. The number of hydrogen-bond acceptors (Lipinski definition) is 2. The van der Waals surface area contributed by atoms with E-state index in [-0.39, 0.29) is 5.91 Å². The van der Waals surface area contributed by atoms with Gasteiger partial charge in [0, 0.05) is 11.2 Å². The highest BCUT2D eigenvalue weighted by atomic mass is 35.5.